The van der Waals surface area contributed by atoms with Crippen LogP contribution in [0.4, 0.5) is 0 Å². The lowest BCUT2D eigenvalue weighted by atomic mass is 10.4. The summed E-state index contributed by atoms with van der Waals surface area (Å²) in [7, 11) is 1.91. The summed E-state index contributed by atoms with van der Waals surface area (Å²) in [4.78, 5) is 4.14. The number of hydrogen-bond acceptors (Lipinski definition) is 4. The Balaban J connectivity index is 1.98. The Morgan fingerprint density at radius 1 is 1.75 bits per heavy atom. The van der Waals surface area contributed by atoms with Gasteiger partial charge in [-0.15, -0.1) is 0 Å². The lowest BCUT2D eigenvalue weighted by molar-refractivity contribution is 0.199. The van der Waals surface area contributed by atoms with E-state index in [1.165, 1.54) is 0 Å². The van der Waals surface area contributed by atoms with Gasteiger partial charge < -0.3 is 4.74 Å². The van der Waals surface area contributed by atoms with Gasteiger partial charge in [0.25, 0.3) is 0 Å². The molecular weight excluding hydrogens is 174 g/mol. The highest BCUT2D eigenvalue weighted by molar-refractivity contribution is 7.99. The number of thioether (sulfide) groups is 1. The number of rotatable bonds is 2. The standard InChI is InChI=1S/C7H11N3OS/c1-10-7(8-5-9-10)12-6-2-3-11-4-6/h5-6H,2-4H2,1H3. The number of ether oxygens (including phenoxy) is 1. The van der Waals surface area contributed by atoms with Crippen LogP contribution in [0.3, 0.4) is 0 Å². The van der Waals surface area contributed by atoms with Gasteiger partial charge in [0.1, 0.15) is 6.33 Å². The van der Waals surface area contributed by atoms with Crippen LogP contribution < -0.4 is 0 Å². The zero-order chi connectivity index (χ0) is 8.39. The molecule has 2 heterocycles. The van der Waals surface area contributed by atoms with Gasteiger partial charge in [0.2, 0.25) is 0 Å². The molecule has 1 fully saturated rings. The third-order valence-corrected chi connectivity index (χ3v) is 3.12. The second kappa shape index (κ2) is 3.45. The second-order valence-corrected chi connectivity index (χ2v) is 4.04. The average molecular weight is 185 g/mol. The first-order valence-corrected chi connectivity index (χ1v) is 4.82. The molecule has 2 rings (SSSR count). The van der Waals surface area contributed by atoms with Crippen molar-refractivity contribution in [2.45, 2.75) is 16.8 Å². The molecule has 0 aliphatic carbocycles. The first-order valence-electron chi connectivity index (χ1n) is 3.94. The highest BCUT2D eigenvalue weighted by atomic mass is 32.2. The van der Waals surface area contributed by atoms with Crippen molar-refractivity contribution in [1.82, 2.24) is 14.8 Å². The quantitative estimate of drug-likeness (QED) is 0.680. The van der Waals surface area contributed by atoms with Crippen molar-refractivity contribution < 1.29 is 4.74 Å². The van der Waals surface area contributed by atoms with Crippen LogP contribution in [0.15, 0.2) is 11.5 Å². The summed E-state index contributed by atoms with van der Waals surface area (Å²) in [5.74, 6) is 0. The molecule has 1 saturated heterocycles. The molecule has 0 bridgehead atoms. The van der Waals surface area contributed by atoms with E-state index in [4.69, 9.17) is 4.74 Å². The van der Waals surface area contributed by atoms with Gasteiger partial charge in [0.05, 0.1) is 6.61 Å². The smallest absolute Gasteiger partial charge is 0.186 e. The largest absolute Gasteiger partial charge is 0.380 e. The van der Waals surface area contributed by atoms with Gasteiger partial charge in [-0.1, -0.05) is 11.8 Å². The molecule has 0 spiro atoms. The third-order valence-electron chi connectivity index (χ3n) is 1.83. The van der Waals surface area contributed by atoms with Gasteiger partial charge in [-0.25, -0.2) is 9.67 Å². The van der Waals surface area contributed by atoms with Crippen molar-refractivity contribution in [3.63, 3.8) is 0 Å². The maximum absolute atomic E-state index is 5.27. The van der Waals surface area contributed by atoms with E-state index >= 15 is 0 Å². The van der Waals surface area contributed by atoms with E-state index in [9.17, 15) is 0 Å². The molecule has 0 radical (unpaired) electrons. The normalized spacial score (nSPS) is 23.2. The summed E-state index contributed by atoms with van der Waals surface area (Å²) in [5.41, 5.74) is 0. The summed E-state index contributed by atoms with van der Waals surface area (Å²) < 4.78 is 7.06. The molecule has 1 atom stereocenters. The van der Waals surface area contributed by atoms with Gasteiger partial charge in [0, 0.05) is 18.9 Å². The lowest BCUT2D eigenvalue weighted by Crippen LogP contribution is -2.03. The summed E-state index contributed by atoms with van der Waals surface area (Å²) in [6.45, 7) is 1.73. The van der Waals surface area contributed by atoms with E-state index in [1.54, 1.807) is 22.8 Å². The molecule has 4 nitrogen and oxygen atoms in total. The van der Waals surface area contributed by atoms with Crippen LogP contribution in [-0.4, -0.2) is 33.2 Å². The predicted octanol–water partition coefficient (Wildman–Crippen LogP) is 0.696. The molecule has 1 aromatic heterocycles. The molecule has 1 aliphatic heterocycles. The fraction of sp³-hybridized carbons (Fsp3) is 0.714. The van der Waals surface area contributed by atoms with Crippen LogP contribution >= 0.6 is 11.8 Å². The molecule has 0 saturated carbocycles. The molecule has 1 aliphatic rings. The van der Waals surface area contributed by atoms with E-state index < -0.39 is 0 Å². The van der Waals surface area contributed by atoms with Gasteiger partial charge in [-0.05, 0) is 6.42 Å². The number of aryl methyl sites for hydroxylation is 1. The van der Waals surface area contributed by atoms with Crippen LogP contribution in [0.1, 0.15) is 6.42 Å². The van der Waals surface area contributed by atoms with Crippen LogP contribution in [0.5, 0.6) is 0 Å². The highest BCUT2D eigenvalue weighted by Gasteiger charge is 2.18. The fourth-order valence-corrected chi connectivity index (χ4v) is 2.13. The van der Waals surface area contributed by atoms with Crippen molar-refractivity contribution in [2.75, 3.05) is 13.2 Å². The maximum Gasteiger partial charge on any atom is 0.186 e. The Bertz CT molecular complexity index is 257. The molecule has 66 valence electrons. The van der Waals surface area contributed by atoms with Gasteiger partial charge in [-0.2, -0.15) is 5.10 Å². The van der Waals surface area contributed by atoms with Crippen molar-refractivity contribution >= 4 is 11.8 Å². The number of nitrogens with zero attached hydrogens (tertiary/aromatic N) is 3. The first kappa shape index (κ1) is 8.07. The van der Waals surface area contributed by atoms with Gasteiger partial charge >= 0.3 is 0 Å². The minimum absolute atomic E-state index is 0.563. The van der Waals surface area contributed by atoms with Crippen molar-refractivity contribution in [3.8, 4) is 0 Å². The van der Waals surface area contributed by atoms with Crippen molar-refractivity contribution in [2.24, 2.45) is 7.05 Å². The molecule has 12 heavy (non-hydrogen) atoms. The number of hydrogen-bond donors (Lipinski definition) is 0. The Morgan fingerprint density at radius 2 is 2.67 bits per heavy atom. The Morgan fingerprint density at radius 3 is 3.25 bits per heavy atom. The van der Waals surface area contributed by atoms with E-state index in [0.717, 1.165) is 24.8 Å². The second-order valence-electron chi connectivity index (χ2n) is 2.77. The Labute approximate surface area is 75.3 Å². The highest BCUT2D eigenvalue weighted by Crippen LogP contribution is 2.25. The zero-order valence-corrected chi connectivity index (χ0v) is 7.75. The molecule has 0 amide bonds. The van der Waals surface area contributed by atoms with Crippen molar-refractivity contribution in [1.29, 1.82) is 0 Å². The summed E-state index contributed by atoms with van der Waals surface area (Å²) in [5, 5.41) is 5.54. The van der Waals surface area contributed by atoms with Crippen molar-refractivity contribution in [3.05, 3.63) is 6.33 Å². The molecule has 5 heteroatoms. The topological polar surface area (TPSA) is 39.9 Å². The minimum Gasteiger partial charge on any atom is -0.380 e. The predicted molar refractivity (Wildman–Crippen MR) is 46.1 cm³/mol. The molecule has 0 aromatic carbocycles. The van der Waals surface area contributed by atoms with E-state index in [-0.39, 0.29) is 0 Å². The average Bonchev–Trinajstić information content (AvgIpc) is 2.65. The SMILES string of the molecule is Cn1ncnc1SC1CCOC1. The molecule has 1 aromatic rings. The van der Waals surface area contributed by atoms with E-state index in [1.807, 2.05) is 7.05 Å². The number of aromatic nitrogens is 3. The summed E-state index contributed by atoms with van der Waals surface area (Å²) in [6, 6.07) is 0. The third kappa shape index (κ3) is 1.61. The first-order chi connectivity index (χ1) is 5.86. The monoisotopic (exact) mass is 185 g/mol. The fourth-order valence-electron chi connectivity index (χ4n) is 1.15. The molecule has 0 N–H and O–H groups in total. The Kier molecular flexibility index (Phi) is 2.32. The van der Waals surface area contributed by atoms with Crippen LogP contribution in [0.2, 0.25) is 0 Å². The van der Waals surface area contributed by atoms with Gasteiger partial charge in [-0.3, -0.25) is 0 Å². The maximum atomic E-state index is 5.27. The van der Waals surface area contributed by atoms with Crippen LogP contribution in [-0.2, 0) is 11.8 Å². The summed E-state index contributed by atoms with van der Waals surface area (Å²) >= 11 is 1.75. The minimum atomic E-state index is 0.563. The summed E-state index contributed by atoms with van der Waals surface area (Å²) in [6.07, 6.45) is 2.70. The lowest BCUT2D eigenvalue weighted by Gasteiger charge is -2.04. The molecular formula is C7H11N3OS. The molecule has 1 unspecified atom stereocenters. The van der Waals surface area contributed by atoms with E-state index in [0.29, 0.717) is 5.25 Å². The van der Waals surface area contributed by atoms with Gasteiger partial charge in [0.15, 0.2) is 5.16 Å². The Hall–Kier alpha value is -0.550. The van der Waals surface area contributed by atoms with E-state index in [2.05, 4.69) is 10.1 Å². The zero-order valence-electron chi connectivity index (χ0n) is 6.93. The van der Waals surface area contributed by atoms with Crippen LogP contribution in [0.25, 0.3) is 0 Å². The van der Waals surface area contributed by atoms with Crippen LogP contribution in [0, 0.1) is 0 Å².